The van der Waals surface area contributed by atoms with Gasteiger partial charge in [0.15, 0.2) is 5.78 Å². The Hall–Kier alpha value is -2.94. The lowest BCUT2D eigenvalue weighted by atomic mass is 10.1. The molecule has 0 fully saturated rings. The summed E-state index contributed by atoms with van der Waals surface area (Å²) in [6, 6.07) is 16.1. The molecule has 0 saturated carbocycles. The van der Waals surface area contributed by atoms with Gasteiger partial charge in [-0.3, -0.25) is 9.78 Å². The van der Waals surface area contributed by atoms with Gasteiger partial charge < -0.3 is 5.11 Å². The summed E-state index contributed by atoms with van der Waals surface area (Å²) in [6.07, 6.45) is 4.91. The van der Waals surface area contributed by atoms with Crippen LogP contribution in [0.4, 0.5) is 0 Å². The highest BCUT2D eigenvalue weighted by molar-refractivity contribution is 6.07. The van der Waals surface area contributed by atoms with Crippen molar-refractivity contribution in [3.05, 3.63) is 78.0 Å². The van der Waals surface area contributed by atoms with Crippen molar-refractivity contribution in [2.24, 2.45) is 0 Å². The molecule has 0 spiro atoms. The topological polar surface area (TPSA) is 50.2 Å². The van der Waals surface area contributed by atoms with Crippen LogP contribution in [0.15, 0.2) is 66.9 Å². The summed E-state index contributed by atoms with van der Waals surface area (Å²) in [5.74, 6) is 0.0813. The molecule has 3 nitrogen and oxygen atoms in total. The highest BCUT2D eigenvalue weighted by Crippen LogP contribution is 2.26. The SMILES string of the molecule is O=C(/C=C/c1ccc(O)c2ncccc12)c1ccccc1. The molecule has 0 unspecified atom stereocenters. The van der Waals surface area contributed by atoms with Crippen LogP contribution in [-0.4, -0.2) is 15.9 Å². The standard InChI is InChI=1S/C18H13NO2/c20-16(14-5-2-1-3-6-14)10-8-13-9-11-17(21)18-15(13)7-4-12-19-18/h1-12,21H/b10-8+. The summed E-state index contributed by atoms with van der Waals surface area (Å²) >= 11 is 0. The summed E-state index contributed by atoms with van der Waals surface area (Å²) in [5.41, 5.74) is 2.03. The zero-order chi connectivity index (χ0) is 14.7. The number of allylic oxidation sites excluding steroid dienone is 1. The van der Waals surface area contributed by atoms with Gasteiger partial charge in [0, 0.05) is 17.1 Å². The molecular weight excluding hydrogens is 262 g/mol. The van der Waals surface area contributed by atoms with Crippen LogP contribution >= 0.6 is 0 Å². The Bertz CT molecular complexity index is 823. The second-order valence-corrected chi connectivity index (χ2v) is 4.64. The number of aromatic nitrogens is 1. The van der Waals surface area contributed by atoms with Gasteiger partial charge in [-0.2, -0.15) is 0 Å². The van der Waals surface area contributed by atoms with E-state index in [1.165, 1.54) is 6.08 Å². The third-order valence-electron chi connectivity index (χ3n) is 3.25. The Morgan fingerprint density at radius 1 is 1.00 bits per heavy atom. The fraction of sp³-hybridized carbons (Fsp3) is 0. The smallest absolute Gasteiger partial charge is 0.185 e. The van der Waals surface area contributed by atoms with Crippen molar-refractivity contribution in [3.8, 4) is 5.75 Å². The van der Waals surface area contributed by atoms with Gasteiger partial charge in [-0.05, 0) is 23.8 Å². The molecule has 2 aromatic carbocycles. The van der Waals surface area contributed by atoms with Gasteiger partial charge in [-0.25, -0.2) is 0 Å². The molecule has 102 valence electrons. The van der Waals surface area contributed by atoms with E-state index in [9.17, 15) is 9.90 Å². The summed E-state index contributed by atoms with van der Waals surface area (Å²) < 4.78 is 0. The van der Waals surface area contributed by atoms with E-state index in [1.54, 1.807) is 42.6 Å². The van der Waals surface area contributed by atoms with E-state index in [0.29, 0.717) is 11.1 Å². The Morgan fingerprint density at radius 2 is 1.81 bits per heavy atom. The molecule has 1 aromatic heterocycles. The Balaban J connectivity index is 1.97. The van der Waals surface area contributed by atoms with Crippen LogP contribution in [-0.2, 0) is 0 Å². The van der Waals surface area contributed by atoms with Crippen LogP contribution < -0.4 is 0 Å². The minimum atomic E-state index is -0.0549. The van der Waals surface area contributed by atoms with Crippen molar-refractivity contribution in [3.63, 3.8) is 0 Å². The second-order valence-electron chi connectivity index (χ2n) is 4.64. The molecule has 3 heteroatoms. The summed E-state index contributed by atoms with van der Waals surface area (Å²) in [6.45, 7) is 0. The maximum absolute atomic E-state index is 12.1. The lowest BCUT2D eigenvalue weighted by Crippen LogP contribution is -1.93. The Labute approximate surface area is 122 Å². The minimum Gasteiger partial charge on any atom is -0.506 e. The lowest BCUT2D eigenvalue weighted by Gasteiger charge is -2.03. The number of carbonyl (C=O) groups excluding carboxylic acids is 1. The summed E-state index contributed by atoms with van der Waals surface area (Å²) in [7, 11) is 0. The quantitative estimate of drug-likeness (QED) is 0.583. The summed E-state index contributed by atoms with van der Waals surface area (Å²) in [5, 5.41) is 10.6. The van der Waals surface area contributed by atoms with E-state index in [1.807, 2.05) is 24.3 Å². The van der Waals surface area contributed by atoms with Crippen molar-refractivity contribution in [1.29, 1.82) is 0 Å². The van der Waals surface area contributed by atoms with Crippen molar-refractivity contribution in [2.45, 2.75) is 0 Å². The fourth-order valence-corrected chi connectivity index (χ4v) is 2.19. The third-order valence-corrected chi connectivity index (χ3v) is 3.25. The molecule has 3 rings (SSSR count). The van der Waals surface area contributed by atoms with Crippen LogP contribution in [0.25, 0.3) is 17.0 Å². The number of phenols is 1. The van der Waals surface area contributed by atoms with Crippen LogP contribution in [0, 0.1) is 0 Å². The zero-order valence-corrected chi connectivity index (χ0v) is 11.2. The number of phenolic OH excluding ortho intramolecular Hbond substituents is 1. The van der Waals surface area contributed by atoms with Gasteiger partial charge in [-0.15, -0.1) is 0 Å². The summed E-state index contributed by atoms with van der Waals surface area (Å²) in [4.78, 5) is 16.2. The number of rotatable bonds is 3. The molecule has 0 radical (unpaired) electrons. The number of nitrogens with zero attached hydrogens (tertiary/aromatic N) is 1. The first-order chi connectivity index (χ1) is 10.3. The molecule has 21 heavy (non-hydrogen) atoms. The Morgan fingerprint density at radius 3 is 2.62 bits per heavy atom. The minimum absolute atomic E-state index is 0.0549. The second kappa shape index (κ2) is 5.59. The lowest BCUT2D eigenvalue weighted by molar-refractivity contribution is 0.104. The third kappa shape index (κ3) is 2.67. The first-order valence-electron chi connectivity index (χ1n) is 6.60. The number of fused-ring (bicyclic) bond motifs is 1. The monoisotopic (exact) mass is 275 g/mol. The van der Waals surface area contributed by atoms with Gasteiger partial charge in [-0.1, -0.05) is 48.5 Å². The Kier molecular flexibility index (Phi) is 3.48. The molecule has 0 bridgehead atoms. The van der Waals surface area contributed by atoms with Gasteiger partial charge in [0.2, 0.25) is 0 Å². The highest BCUT2D eigenvalue weighted by Gasteiger charge is 2.05. The van der Waals surface area contributed by atoms with E-state index < -0.39 is 0 Å². The number of ketones is 1. The number of hydrogen-bond acceptors (Lipinski definition) is 3. The van der Waals surface area contributed by atoms with Crippen LogP contribution in [0.2, 0.25) is 0 Å². The number of benzene rings is 2. The molecule has 3 aromatic rings. The van der Waals surface area contributed by atoms with Gasteiger partial charge in [0.05, 0.1) is 0 Å². The first-order valence-corrected chi connectivity index (χ1v) is 6.60. The molecule has 0 aliphatic carbocycles. The fourth-order valence-electron chi connectivity index (χ4n) is 2.19. The van der Waals surface area contributed by atoms with Gasteiger partial charge >= 0.3 is 0 Å². The predicted molar refractivity (Wildman–Crippen MR) is 83.2 cm³/mol. The highest BCUT2D eigenvalue weighted by atomic mass is 16.3. The number of aromatic hydroxyl groups is 1. The maximum Gasteiger partial charge on any atom is 0.185 e. The molecule has 0 saturated heterocycles. The van der Waals surface area contributed by atoms with E-state index >= 15 is 0 Å². The van der Waals surface area contributed by atoms with Crippen molar-refractivity contribution >= 4 is 22.8 Å². The van der Waals surface area contributed by atoms with Crippen molar-refractivity contribution in [1.82, 2.24) is 4.98 Å². The molecule has 0 aliphatic rings. The van der Waals surface area contributed by atoms with E-state index in [0.717, 1.165) is 10.9 Å². The molecular formula is C18H13NO2. The predicted octanol–water partition coefficient (Wildman–Crippen LogP) is 3.84. The van der Waals surface area contributed by atoms with Crippen LogP contribution in [0.5, 0.6) is 5.75 Å². The van der Waals surface area contributed by atoms with Crippen molar-refractivity contribution < 1.29 is 9.90 Å². The number of hydrogen-bond donors (Lipinski definition) is 1. The van der Waals surface area contributed by atoms with Crippen LogP contribution in [0.1, 0.15) is 15.9 Å². The molecule has 0 amide bonds. The zero-order valence-electron chi connectivity index (χ0n) is 11.2. The van der Waals surface area contributed by atoms with Crippen molar-refractivity contribution in [2.75, 3.05) is 0 Å². The maximum atomic E-state index is 12.1. The largest absolute Gasteiger partial charge is 0.506 e. The van der Waals surface area contributed by atoms with E-state index in [4.69, 9.17) is 0 Å². The van der Waals surface area contributed by atoms with Gasteiger partial charge in [0.1, 0.15) is 11.3 Å². The normalized spacial score (nSPS) is 11.0. The van der Waals surface area contributed by atoms with Crippen LogP contribution in [0.3, 0.4) is 0 Å². The van der Waals surface area contributed by atoms with E-state index in [2.05, 4.69) is 4.98 Å². The molecule has 1 heterocycles. The van der Waals surface area contributed by atoms with E-state index in [-0.39, 0.29) is 11.5 Å². The molecule has 1 N–H and O–H groups in total. The molecule has 0 atom stereocenters. The molecule has 0 aliphatic heterocycles. The number of pyridine rings is 1. The average Bonchev–Trinajstić information content (AvgIpc) is 2.55. The average molecular weight is 275 g/mol. The first kappa shape index (κ1) is 13.1. The number of carbonyl (C=O) groups is 1. The van der Waals surface area contributed by atoms with Gasteiger partial charge in [0.25, 0.3) is 0 Å².